The maximum Gasteiger partial charge on any atom is 0.311 e. The Labute approximate surface area is 88.1 Å². The molecular weight excluding hydrogens is 198 g/mol. The number of amides is 1. The van der Waals surface area contributed by atoms with E-state index in [2.05, 4.69) is 11.9 Å². The van der Waals surface area contributed by atoms with Crippen molar-refractivity contribution in [2.24, 2.45) is 5.92 Å². The molecule has 0 aromatic heterocycles. The highest BCUT2D eigenvalue weighted by Gasteiger charge is 2.34. The van der Waals surface area contributed by atoms with E-state index >= 15 is 0 Å². The minimum Gasteiger partial charge on any atom is -0.481 e. The summed E-state index contributed by atoms with van der Waals surface area (Å²) in [7, 11) is 0. The molecule has 15 heavy (non-hydrogen) atoms. The molecule has 1 aliphatic heterocycles. The van der Waals surface area contributed by atoms with Crippen LogP contribution in [0.3, 0.4) is 0 Å². The van der Waals surface area contributed by atoms with Crippen LogP contribution in [0.1, 0.15) is 12.8 Å². The van der Waals surface area contributed by atoms with Gasteiger partial charge < -0.3 is 15.2 Å². The number of carbonyl (C=O) groups excluding carboxylic acids is 1. The van der Waals surface area contributed by atoms with Gasteiger partial charge in [0.25, 0.3) is 0 Å². The van der Waals surface area contributed by atoms with Crippen molar-refractivity contribution in [3.63, 3.8) is 0 Å². The molecule has 1 fully saturated rings. The summed E-state index contributed by atoms with van der Waals surface area (Å²) in [6.45, 7) is 3.95. The van der Waals surface area contributed by atoms with Gasteiger partial charge >= 0.3 is 5.97 Å². The Morgan fingerprint density at radius 2 is 2.27 bits per heavy atom. The number of hydrogen-bond acceptors (Lipinski definition) is 3. The second-order valence-corrected chi connectivity index (χ2v) is 3.48. The second-order valence-electron chi connectivity index (χ2n) is 3.48. The van der Waals surface area contributed by atoms with E-state index in [0.29, 0.717) is 12.8 Å². The quantitative estimate of drug-likeness (QED) is 0.638. The molecule has 0 aromatic carbocycles. The molecule has 5 nitrogen and oxygen atoms in total. The van der Waals surface area contributed by atoms with Crippen molar-refractivity contribution in [2.75, 3.05) is 13.2 Å². The van der Waals surface area contributed by atoms with Crippen LogP contribution in [0.25, 0.3) is 0 Å². The Morgan fingerprint density at radius 3 is 2.87 bits per heavy atom. The summed E-state index contributed by atoms with van der Waals surface area (Å²) >= 11 is 0. The predicted octanol–water partition coefficient (Wildman–Crippen LogP) is 0.168. The van der Waals surface area contributed by atoms with E-state index in [1.807, 2.05) is 0 Å². The number of carbonyl (C=O) groups is 2. The molecule has 84 valence electrons. The van der Waals surface area contributed by atoms with Crippen LogP contribution in [0, 0.1) is 5.92 Å². The SMILES string of the molecule is C=CCCC(=O)NC1COCC1C(=O)O. The lowest BCUT2D eigenvalue weighted by molar-refractivity contribution is -0.142. The summed E-state index contributed by atoms with van der Waals surface area (Å²) < 4.78 is 5.02. The van der Waals surface area contributed by atoms with Gasteiger partial charge in [-0.1, -0.05) is 6.08 Å². The largest absolute Gasteiger partial charge is 0.481 e. The Morgan fingerprint density at radius 1 is 1.53 bits per heavy atom. The number of allylic oxidation sites excluding steroid dienone is 1. The number of rotatable bonds is 5. The maximum absolute atomic E-state index is 11.3. The van der Waals surface area contributed by atoms with Gasteiger partial charge in [0.1, 0.15) is 5.92 Å². The zero-order valence-electron chi connectivity index (χ0n) is 8.44. The normalized spacial score (nSPS) is 24.8. The van der Waals surface area contributed by atoms with E-state index in [0.717, 1.165) is 0 Å². The predicted molar refractivity (Wildman–Crippen MR) is 53.3 cm³/mol. The van der Waals surface area contributed by atoms with Crippen molar-refractivity contribution >= 4 is 11.9 Å². The van der Waals surface area contributed by atoms with Gasteiger partial charge in [-0.25, -0.2) is 0 Å². The lowest BCUT2D eigenvalue weighted by Gasteiger charge is -2.15. The number of nitrogens with one attached hydrogen (secondary N) is 1. The van der Waals surface area contributed by atoms with Crippen LogP contribution >= 0.6 is 0 Å². The summed E-state index contributed by atoms with van der Waals surface area (Å²) in [5, 5.41) is 11.5. The van der Waals surface area contributed by atoms with E-state index < -0.39 is 17.9 Å². The van der Waals surface area contributed by atoms with Crippen molar-refractivity contribution in [1.29, 1.82) is 0 Å². The third-order valence-electron chi connectivity index (χ3n) is 2.32. The average molecular weight is 213 g/mol. The lowest BCUT2D eigenvalue weighted by atomic mass is 10.0. The summed E-state index contributed by atoms with van der Waals surface area (Å²) in [6, 6.07) is -0.403. The van der Waals surface area contributed by atoms with Gasteiger partial charge in [-0.3, -0.25) is 9.59 Å². The Balaban J connectivity index is 2.39. The van der Waals surface area contributed by atoms with Gasteiger partial charge in [-0.2, -0.15) is 0 Å². The number of aliphatic carboxylic acids is 1. The third-order valence-corrected chi connectivity index (χ3v) is 2.32. The first kappa shape index (κ1) is 11.7. The van der Waals surface area contributed by atoms with Crippen molar-refractivity contribution in [2.45, 2.75) is 18.9 Å². The van der Waals surface area contributed by atoms with Gasteiger partial charge in [0.15, 0.2) is 0 Å². The molecule has 1 heterocycles. The molecule has 5 heteroatoms. The molecule has 0 aromatic rings. The maximum atomic E-state index is 11.3. The van der Waals surface area contributed by atoms with Crippen molar-refractivity contribution < 1.29 is 19.4 Å². The number of ether oxygens (including phenoxy) is 1. The van der Waals surface area contributed by atoms with Crippen LogP contribution in [-0.2, 0) is 14.3 Å². The molecule has 1 amide bonds. The first-order valence-corrected chi connectivity index (χ1v) is 4.86. The molecule has 1 rings (SSSR count). The summed E-state index contributed by atoms with van der Waals surface area (Å²) in [4.78, 5) is 22.1. The summed E-state index contributed by atoms with van der Waals surface area (Å²) in [5.74, 6) is -1.71. The molecule has 1 aliphatic rings. The molecular formula is C10H15NO4. The molecule has 0 radical (unpaired) electrons. The smallest absolute Gasteiger partial charge is 0.311 e. The van der Waals surface area contributed by atoms with Gasteiger partial charge in [0, 0.05) is 6.42 Å². The zero-order chi connectivity index (χ0) is 11.3. The molecule has 1 saturated heterocycles. The number of carboxylic acid groups (broad SMARTS) is 1. The summed E-state index contributed by atoms with van der Waals surface area (Å²) in [6.07, 6.45) is 2.59. The fourth-order valence-electron chi connectivity index (χ4n) is 1.45. The van der Waals surface area contributed by atoms with Crippen LogP contribution in [0.15, 0.2) is 12.7 Å². The molecule has 2 N–H and O–H groups in total. The highest BCUT2D eigenvalue weighted by Crippen LogP contribution is 2.13. The van der Waals surface area contributed by atoms with Crippen LogP contribution in [-0.4, -0.2) is 36.2 Å². The van der Waals surface area contributed by atoms with E-state index in [1.54, 1.807) is 6.08 Å². The molecule has 0 aliphatic carbocycles. The van der Waals surface area contributed by atoms with Gasteiger partial charge in [-0.05, 0) is 6.42 Å². The standard InChI is InChI=1S/C10H15NO4/c1-2-3-4-9(12)11-8-6-15-5-7(8)10(13)14/h2,7-8H,1,3-6H2,(H,11,12)(H,13,14). The third kappa shape index (κ3) is 3.36. The second kappa shape index (κ2) is 5.50. The Hall–Kier alpha value is -1.36. The monoisotopic (exact) mass is 213 g/mol. The van der Waals surface area contributed by atoms with Gasteiger partial charge in [0.05, 0.1) is 19.3 Å². The fourth-order valence-corrected chi connectivity index (χ4v) is 1.45. The average Bonchev–Trinajstić information content (AvgIpc) is 2.62. The topological polar surface area (TPSA) is 75.6 Å². The van der Waals surface area contributed by atoms with Crippen molar-refractivity contribution in [3.05, 3.63) is 12.7 Å². The number of carboxylic acids is 1. The fraction of sp³-hybridized carbons (Fsp3) is 0.600. The van der Waals surface area contributed by atoms with Gasteiger partial charge in [-0.15, -0.1) is 6.58 Å². The molecule has 2 unspecified atom stereocenters. The molecule has 0 bridgehead atoms. The Kier molecular flexibility index (Phi) is 4.30. The molecule has 0 spiro atoms. The zero-order valence-corrected chi connectivity index (χ0v) is 8.44. The molecule has 0 saturated carbocycles. The number of hydrogen-bond donors (Lipinski definition) is 2. The van der Waals surface area contributed by atoms with Crippen LogP contribution in [0.2, 0.25) is 0 Å². The van der Waals surface area contributed by atoms with Crippen molar-refractivity contribution in [3.8, 4) is 0 Å². The highest BCUT2D eigenvalue weighted by molar-refractivity contribution is 5.78. The lowest BCUT2D eigenvalue weighted by Crippen LogP contribution is -2.42. The van der Waals surface area contributed by atoms with E-state index in [1.165, 1.54) is 0 Å². The van der Waals surface area contributed by atoms with Crippen molar-refractivity contribution in [1.82, 2.24) is 5.32 Å². The van der Waals surface area contributed by atoms with Crippen LogP contribution in [0.4, 0.5) is 0 Å². The first-order valence-electron chi connectivity index (χ1n) is 4.86. The molecule has 2 atom stereocenters. The van der Waals surface area contributed by atoms with E-state index in [9.17, 15) is 9.59 Å². The minimum atomic E-state index is -0.929. The van der Waals surface area contributed by atoms with E-state index in [4.69, 9.17) is 9.84 Å². The van der Waals surface area contributed by atoms with Gasteiger partial charge in [0.2, 0.25) is 5.91 Å². The minimum absolute atomic E-state index is 0.156. The van der Waals surface area contributed by atoms with E-state index in [-0.39, 0.29) is 19.1 Å². The summed E-state index contributed by atoms with van der Waals surface area (Å²) in [5.41, 5.74) is 0. The highest BCUT2D eigenvalue weighted by atomic mass is 16.5. The Bertz CT molecular complexity index is 264. The van der Waals surface area contributed by atoms with Crippen LogP contribution in [0.5, 0.6) is 0 Å². The first-order chi connectivity index (χ1) is 7.15. The van der Waals surface area contributed by atoms with Crippen LogP contribution < -0.4 is 5.32 Å².